The van der Waals surface area contributed by atoms with Gasteiger partial charge in [0, 0.05) is 31.6 Å². The van der Waals surface area contributed by atoms with Crippen molar-refractivity contribution in [2.75, 3.05) is 20.2 Å². The number of allylic oxidation sites excluding steroid dienone is 1. The first kappa shape index (κ1) is 18.2. The summed E-state index contributed by atoms with van der Waals surface area (Å²) in [5.41, 5.74) is 2.11. The second-order valence-electron chi connectivity index (χ2n) is 6.83. The molecule has 2 atom stereocenters. The van der Waals surface area contributed by atoms with Crippen molar-refractivity contribution in [3.8, 4) is 5.75 Å². The van der Waals surface area contributed by atoms with Crippen molar-refractivity contribution in [3.05, 3.63) is 54.8 Å². The van der Waals surface area contributed by atoms with Crippen LogP contribution in [0.4, 0.5) is 0 Å². The lowest BCUT2D eigenvalue weighted by Crippen LogP contribution is -2.42. The first-order chi connectivity index (χ1) is 12.6. The normalized spacial score (nSPS) is 20.5. The number of carbonyl (C=O) groups excluding carboxylic acids is 1. The van der Waals surface area contributed by atoms with Crippen molar-refractivity contribution in [1.82, 2.24) is 9.88 Å². The Hall–Kier alpha value is -2.62. The lowest BCUT2D eigenvalue weighted by molar-refractivity contribution is -0.130. The summed E-state index contributed by atoms with van der Waals surface area (Å²) in [6.07, 6.45) is 10.2. The molecule has 0 bridgehead atoms. The van der Waals surface area contributed by atoms with Gasteiger partial charge in [-0.3, -0.25) is 9.78 Å². The molecule has 0 radical (unpaired) electrons. The Morgan fingerprint density at radius 2 is 2.27 bits per heavy atom. The van der Waals surface area contributed by atoms with E-state index in [1.165, 1.54) is 0 Å². The Morgan fingerprint density at radius 3 is 3.00 bits per heavy atom. The van der Waals surface area contributed by atoms with Crippen molar-refractivity contribution >= 4 is 22.9 Å². The van der Waals surface area contributed by atoms with Crippen LogP contribution in [0, 0.1) is 11.8 Å². The maximum Gasteiger partial charge on any atom is 0.219 e. The Morgan fingerprint density at radius 1 is 1.42 bits per heavy atom. The number of piperidine rings is 1. The number of ether oxygens (including phenoxy) is 1. The maximum absolute atomic E-state index is 11.6. The fourth-order valence-corrected chi connectivity index (χ4v) is 3.66. The molecule has 4 heteroatoms. The molecule has 1 fully saturated rings. The molecule has 0 aliphatic carbocycles. The molecular formula is C22H26N2O2. The number of pyridine rings is 1. The number of methoxy groups -OCH3 is 1. The van der Waals surface area contributed by atoms with Crippen molar-refractivity contribution in [3.63, 3.8) is 0 Å². The van der Waals surface area contributed by atoms with E-state index in [1.807, 2.05) is 41.4 Å². The summed E-state index contributed by atoms with van der Waals surface area (Å²) in [5.74, 6) is 1.88. The molecule has 2 unspecified atom stereocenters. The van der Waals surface area contributed by atoms with Gasteiger partial charge < -0.3 is 9.64 Å². The summed E-state index contributed by atoms with van der Waals surface area (Å²) < 4.78 is 5.34. The highest BCUT2D eigenvalue weighted by Gasteiger charge is 2.27. The van der Waals surface area contributed by atoms with E-state index < -0.39 is 0 Å². The number of aromatic nitrogens is 1. The molecule has 3 rings (SSSR count). The number of hydrogen-bond acceptors (Lipinski definition) is 3. The zero-order valence-electron chi connectivity index (χ0n) is 15.5. The van der Waals surface area contributed by atoms with Crippen molar-refractivity contribution in [2.24, 2.45) is 11.8 Å². The van der Waals surface area contributed by atoms with E-state index in [1.54, 1.807) is 14.0 Å². The number of hydrogen-bond donors (Lipinski definition) is 0. The largest absolute Gasteiger partial charge is 0.497 e. The highest BCUT2D eigenvalue weighted by atomic mass is 16.5. The number of rotatable bonds is 5. The molecule has 0 N–H and O–H groups in total. The quantitative estimate of drug-likeness (QED) is 0.754. The Balaban J connectivity index is 1.73. The predicted octanol–water partition coefficient (Wildman–Crippen LogP) is 4.32. The molecule has 26 heavy (non-hydrogen) atoms. The van der Waals surface area contributed by atoms with Crippen molar-refractivity contribution in [2.45, 2.75) is 19.8 Å². The van der Waals surface area contributed by atoms with E-state index in [2.05, 4.69) is 23.7 Å². The SMILES string of the molecule is C=CC1CN(C(C)=O)CCC1C/C=C/c1ccnc2ccc(OC)cc12. The van der Waals surface area contributed by atoms with Gasteiger partial charge in [0.1, 0.15) is 5.75 Å². The molecule has 1 aliphatic heterocycles. The van der Waals surface area contributed by atoms with Gasteiger partial charge in [-0.25, -0.2) is 0 Å². The third kappa shape index (κ3) is 3.96. The fraction of sp³-hybridized carbons (Fsp3) is 0.364. The minimum absolute atomic E-state index is 0.156. The maximum atomic E-state index is 11.6. The number of benzene rings is 1. The topological polar surface area (TPSA) is 42.4 Å². The number of carbonyl (C=O) groups is 1. The van der Waals surface area contributed by atoms with Crippen LogP contribution in [0.2, 0.25) is 0 Å². The molecule has 0 spiro atoms. The molecule has 2 heterocycles. The first-order valence-electron chi connectivity index (χ1n) is 9.09. The zero-order chi connectivity index (χ0) is 18.5. The van der Waals surface area contributed by atoms with Crippen LogP contribution in [0.3, 0.4) is 0 Å². The van der Waals surface area contributed by atoms with Crippen LogP contribution in [-0.2, 0) is 4.79 Å². The van der Waals surface area contributed by atoms with Crippen LogP contribution in [0.5, 0.6) is 5.75 Å². The third-order valence-corrected chi connectivity index (χ3v) is 5.27. The van der Waals surface area contributed by atoms with Crippen molar-refractivity contribution < 1.29 is 9.53 Å². The molecule has 136 valence electrons. The molecule has 1 aliphatic rings. The minimum atomic E-state index is 0.156. The monoisotopic (exact) mass is 350 g/mol. The van der Waals surface area contributed by atoms with Crippen LogP contribution in [0.25, 0.3) is 17.0 Å². The van der Waals surface area contributed by atoms with Crippen molar-refractivity contribution in [1.29, 1.82) is 0 Å². The highest BCUT2D eigenvalue weighted by Crippen LogP contribution is 2.29. The van der Waals surface area contributed by atoms with Gasteiger partial charge in [-0.15, -0.1) is 6.58 Å². The minimum Gasteiger partial charge on any atom is -0.497 e. The number of likely N-dealkylation sites (tertiary alicyclic amines) is 1. The van der Waals surface area contributed by atoms with Gasteiger partial charge in [0.2, 0.25) is 5.91 Å². The summed E-state index contributed by atoms with van der Waals surface area (Å²) in [7, 11) is 1.68. The lowest BCUT2D eigenvalue weighted by atomic mass is 9.83. The Kier molecular flexibility index (Phi) is 5.71. The van der Waals surface area contributed by atoms with Gasteiger partial charge in [0.05, 0.1) is 12.6 Å². The van der Waals surface area contributed by atoms with E-state index >= 15 is 0 Å². The van der Waals surface area contributed by atoms with E-state index in [0.29, 0.717) is 11.8 Å². The van der Waals surface area contributed by atoms with E-state index in [-0.39, 0.29) is 5.91 Å². The molecular weight excluding hydrogens is 324 g/mol. The van der Waals surface area contributed by atoms with Gasteiger partial charge >= 0.3 is 0 Å². The Bertz CT molecular complexity index is 828. The number of fused-ring (bicyclic) bond motifs is 1. The summed E-state index contributed by atoms with van der Waals surface area (Å²) >= 11 is 0. The molecule has 1 saturated heterocycles. The Labute approximate surface area is 155 Å². The smallest absolute Gasteiger partial charge is 0.219 e. The van der Waals surface area contributed by atoms with Crippen LogP contribution in [0.15, 0.2) is 49.2 Å². The fourth-order valence-electron chi connectivity index (χ4n) is 3.66. The number of amides is 1. The summed E-state index contributed by atoms with van der Waals surface area (Å²) in [5, 5.41) is 1.09. The van der Waals surface area contributed by atoms with Gasteiger partial charge in [-0.2, -0.15) is 0 Å². The van der Waals surface area contributed by atoms with Gasteiger partial charge in [0.25, 0.3) is 0 Å². The molecule has 2 aromatic rings. The van der Waals surface area contributed by atoms with Gasteiger partial charge in [-0.1, -0.05) is 18.2 Å². The van der Waals surface area contributed by atoms with Crippen LogP contribution >= 0.6 is 0 Å². The second-order valence-corrected chi connectivity index (χ2v) is 6.83. The summed E-state index contributed by atoms with van der Waals surface area (Å²) in [4.78, 5) is 18.0. The van der Waals surface area contributed by atoms with E-state index in [0.717, 1.165) is 48.1 Å². The molecule has 4 nitrogen and oxygen atoms in total. The van der Waals surface area contributed by atoms with Crippen LogP contribution in [-0.4, -0.2) is 36.0 Å². The van der Waals surface area contributed by atoms with Crippen LogP contribution < -0.4 is 4.74 Å². The average Bonchev–Trinajstić information content (AvgIpc) is 2.67. The standard InChI is InChI=1S/C22H26N2O2/c1-4-17-15-24(16(2)25)13-11-18(17)6-5-7-19-10-12-23-22-9-8-20(26-3)14-21(19)22/h4-5,7-10,12,14,17-18H,1,6,11,13,15H2,2-3H3/b7-5+. The van der Waals surface area contributed by atoms with Gasteiger partial charge in [-0.05, 0) is 54.5 Å². The number of nitrogens with zero attached hydrogens (tertiary/aromatic N) is 2. The molecule has 1 aromatic carbocycles. The average molecular weight is 350 g/mol. The first-order valence-corrected chi connectivity index (χ1v) is 9.09. The summed E-state index contributed by atoms with van der Waals surface area (Å²) in [6.45, 7) is 7.24. The van der Waals surface area contributed by atoms with Gasteiger partial charge in [0.15, 0.2) is 0 Å². The lowest BCUT2D eigenvalue weighted by Gasteiger charge is -2.36. The van der Waals surface area contributed by atoms with Crippen LogP contribution in [0.1, 0.15) is 25.3 Å². The van der Waals surface area contributed by atoms with E-state index in [4.69, 9.17) is 4.74 Å². The zero-order valence-corrected chi connectivity index (χ0v) is 15.5. The molecule has 1 aromatic heterocycles. The second kappa shape index (κ2) is 8.17. The van der Waals surface area contributed by atoms with E-state index in [9.17, 15) is 4.79 Å². The summed E-state index contributed by atoms with van der Waals surface area (Å²) in [6, 6.07) is 7.97. The predicted molar refractivity (Wildman–Crippen MR) is 106 cm³/mol. The molecule has 0 saturated carbocycles. The highest BCUT2D eigenvalue weighted by molar-refractivity contribution is 5.88. The third-order valence-electron chi connectivity index (χ3n) is 5.27. The molecule has 1 amide bonds.